The van der Waals surface area contributed by atoms with Crippen LogP contribution in [0.5, 0.6) is 0 Å². The Bertz CT molecular complexity index is 398. The topological polar surface area (TPSA) is 52.9 Å². The van der Waals surface area contributed by atoms with E-state index in [2.05, 4.69) is 5.32 Å². The molecular weight excluding hydrogens is 195 g/mol. The minimum absolute atomic E-state index is 0.0871. The molecule has 1 atom stereocenters. The van der Waals surface area contributed by atoms with Crippen LogP contribution in [0.4, 0.5) is 4.39 Å². The molecule has 0 saturated heterocycles. The van der Waals surface area contributed by atoms with Gasteiger partial charge in [0.1, 0.15) is 11.9 Å². The quantitative estimate of drug-likeness (QED) is 0.812. The minimum Gasteiger partial charge on any atom is -0.340 e. The Kier molecular flexibility index (Phi) is 3.81. The highest BCUT2D eigenvalue weighted by atomic mass is 19.1. The summed E-state index contributed by atoms with van der Waals surface area (Å²) in [5.74, 6) is -0.650. The van der Waals surface area contributed by atoms with Gasteiger partial charge in [0.2, 0.25) is 5.91 Å². The van der Waals surface area contributed by atoms with E-state index in [0.717, 1.165) is 0 Å². The molecule has 0 fully saturated rings. The molecule has 15 heavy (non-hydrogen) atoms. The molecular formula is C11H11FN2O. The average molecular weight is 206 g/mol. The zero-order valence-corrected chi connectivity index (χ0v) is 8.33. The first-order chi connectivity index (χ1) is 7.11. The third kappa shape index (κ3) is 3.77. The van der Waals surface area contributed by atoms with E-state index in [1.54, 1.807) is 19.1 Å². The molecule has 1 aromatic carbocycles. The second-order valence-corrected chi connectivity index (χ2v) is 3.22. The van der Waals surface area contributed by atoms with Crippen molar-refractivity contribution < 1.29 is 9.18 Å². The number of halogens is 1. The Labute approximate surface area is 87.5 Å². The van der Waals surface area contributed by atoms with Gasteiger partial charge in [-0.25, -0.2) is 4.39 Å². The number of amides is 1. The summed E-state index contributed by atoms with van der Waals surface area (Å²) in [4.78, 5) is 11.3. The number of rotatable bonds is 3. The molecule has 4 heteroatoms. The van der Waals surface area contributed by atoms with Gasteiger partial charge >= 0.3 is 0 Å². The SMILES string of the molecule is CC(C#N)NC(=O)Cc1cccc(F)c1. The fourth-order valence-corrected chi connectivity index (χ4v) is 1.16. The summed E-state index contributed by atoms with van der Waals surface area (Å²) < 4.78 is 12.8. The lowest BCUT2D eigenvalue weighted by Crippen LogP contribution is -2.32. The number of nitriles is 1. The van der Waals surface area contributed by atoms with Gasteiger partial charge in [0.25, 0.3) is 0 Å². The van der Waals surface area contributed by atoms with Crippen molar-refractivity contribution in [3.05, 3.63) is 35.6 Å². The highest BCUT2D eigenvalue weighted by molar-refractivity contribution is 5.79. The molecule has 78 valence electrons. The normalized spacial score (nSPS) is 11.5. The van der Waals surface area contributed by atoms with Crippen LogP contribution in [0.2, 0.25) is 0 Å². The molecule has 0 aromatic heterocycles. The van der Waals surface area contributed by atoms with Crippen LogP contribution >= 0.6 is 0 Å². The number of benzene rings is 1. The van der Waals surface area contributed by atoms with E-state index in [1.165, 1.54) is 12.1 Å². The predicted molar refractivity (Wildman–Crippen MR) is 53.3 cm³/mol. The third-order valence-corrected chi connectivity index (χ3v) is 1.82. The van der Waals surface area contributed by atoms with E-state index >= 15 is 0 Å². The van der Waals surface area contributed by atoms with Gasteiger partial charge in [-0.05, 0) is 24.6 Å². The van der Waals surface area contributed by atoms with Gasteiger partial charge in [0.05, 0.1) is 12.5 Å². The average Bonchev–Trinajstić information content (AvgIpc) is 2.17. The lowest BCUT2D eigenvalue weighted by Gasteiger charge is -2.06. The van der Waals surface area contributed by atoms with Gasteiger partial charge in [-0.1, -0.05) is 12.1 Å². The van der Waals surface area contributed by atoms with Crippen LogP contribution < -0.4 is 5.32 Å². The number of hydrogen-bond donors (Lipinski definition) is 1. The van der Waals surface area contributed by atoms with Crippen molar-refractivity contribution in [2.75, 3.05) is 0 Å². The summed E-state index contributed by atoms with van der Waals surface area (Å²) in [6.45, 7) is 1.59. The zero-order chi connectivity index (χ0) is 11.3. The molecule has 1 aromatic rings. The van der Waals surface area contributed by atoms with E-state index in [9.17, 15) is 9.18 Å². The molecule has 0 saturated carbocycles. The maximum atomic E-state index is 12.8. The van der Waals surface area contributed by atoms with E-state index in [4.69, 9.17) is 5.26 Å². The number of carbonyl (C=O) groups is 1. The van der Waals surface area contributed by atoms with Gasteiger partial charge in [-0.2, -0.15) is 5.26 Å². The Morgan fingerprint density at radius 2 is 2.40 bits per heavy atom. The van der Waals surface area contributed by atoms with Crippen LogP contribution in [0.15, 0.2) is 24.3 Å². The van der Waals surface area contributed by atoms with Crippen molar-refractivity contribution >= 4 is 5.91 Å². The molecule has 0 spiro atoms. The summed E-state index contributed by atoms with van der Waals surface area (Å²) in [7, 11) is 0. The monoisotopic (exact) mass is 206 g/mol. The molecule has 3 nitrogen and oxygen atoms in total. The van der Waals surface area contributed by atoms with Crippen molar-refractivity contribution in [2.24, 2.45) is 0 Å². The molecule has 0 heterocycles. The summed E-state index contributed by atoms with van der Waals surface area (Å²) in [6.07, 6.45) is 0.0871. The number of hydrogen-bond acceptors (Lipinski definition) is 2. The Hall–Kier alpha value is -1.89. The molecule has 0 aliphatic rings. The van der Waals surface area contributed by atoms with E-state index in [1.807, 2.05) is 6.07 Å². The van der Waals surface area contributed by atoms with E-state index < -0.39 is 6.04 Å². The molecule has 1 N–H and O–H groups in total. The number of nitrogens with one attached hydrogen (secondary N) is 1. The number of nitrogens with zero attached hydrogens (tertiary/aromatic N) is 1. The molecule has 0 bridgehead atoms. The van der Waals surface area contributed by atoms with Crippen LogP contribution in [0.1, 0.15) is 12.5 Å². The molecule has 0 aliphatic carbocycles. The van der Waals surface area contributed by atoms with Gasteiger partial charge in [0, 0.05) is 0 Å². The molecule has 1 rings (SSSR count). The van der Waals surface area contributed by atoms with Gasteiger partial charge in [0.15, 0.2) is 0 Å². The first kappa shape index (κ1) is 11.2. The van der Waals surface area contributed by atoms with E-state index in [0.29, 0.717) is 5.56 Å². The Balaban J connectivity index is 2.56. The fourth-order valence-electron chi connectivity index (χ4n) is 1.16. The lowest BCUT2D eigenvalue weighted by molar-refractivity contribution is -0.120. The van der Waals surface area contributed by atoms with Gasteiger partial charge in [-0.15, -0.1) is 0 Å². The molecule has 0 aliphatic heterocycles. The number of carbonyl (C=O) groups excluding carboxylic acids is 1. The zero-order valence-electron chi connectivity index (χ0n) is 8.33. The van der Waals surface area contributed by atoms with Crippen molar-refractivity contribution in [1.82, 2.24) is 5.32 Å². The first-order valence-corrected chi connectivity index (χ1v) is 4.55. The standard InChI is InChI=1S/C11H11FN2O/c1-8(7-13)14-11(15)6-9-3-2-4-10(12)5-9/h2-5,8H,6H2,1H3,(H,14,15). The van der Waals surface area contributed by atoms with Crippen molar-refractivity contribution in [1.29, 1.82) is 5.26 Å². The summed E-state index contributed by atoms with van der Waals surface area (Å²) in [6, 6.07) is 7.20. The van der Waals surface area contributed by atoms with E-state index in [-0.39, 0.29) is 18.1 Å². The van der Waals surface area contributed by atoms with Crippen LogP contribution in [0.25, 0.3) is 0 Å². The molecule has 1 unspecified atom stereocenters. The predicted octanol–water partition coefficient (Wildman–Crippen LogP) is 1.40. The second kappa shape index (κ2) is 5.11. The Morgan fingerprint density at radius 3 is 3.00 bits per heavy atom. The van der Waals surface area contributed by atoms with Gasteiger partial charge < -0.3 is 5.32 Å². The molecule has 1 amide bonds. The summed E-state index contributed by atoms with van der Waals surface area (Å²) in [5, 5.41) is 10.9. The van der Waals surface area contributed by atoms with Crippen LogP contribution in [-0.4, -0.2) is 11.9 Å². The van der Waals surface area contributed by atoms with Crippen LogP contribution in [0, 0.1) is 17.1 Å². The summed E-state index contributed by atoms with van der Waals surface area (Å²) in [5.41, 5.74) is 0.595. The maximum Gasteiger partial charge on any atom is 0.225 e. The van der Waals surface area contributed by atoms with Crippen LogP contribution in [-0.2, 0) is 11.2 Å². The summed E-state index contributed by atoms with van der Waals surface area (Å²) >= 11 is 0. The fraction of sp³-hybridized carbons (Fsp3) is 0.273. The second-order valence-electron chi connectivity index (χ2n) is 3.22. The van der Waals surface area contributed by atoms with Crippen molar-refractivity contribution in [2.45, 2.75) is 19.4 Å². The highest BCUT2D eigenvalue weighted by Gasteiger charge is 2.07. The Morgan fingerprint density at radius 1 is 1.67 bits per heavy atom. The largest absolute Gasteiger partial charge is 0.340 e. The first-order valence-electron chi connectivity index (χ1n) is 4.55. The maximum absolute atomic E-state index is 12.8. The highest BCUT2D eigenvalue weighted by Crippen LogP contribution is 2.04. The molecule has 0 radical (unpaired) electrons. The third-order valence-electron chi connectivity index (χ3n) is 1.82. The van der Waals surface area contributed by atoms with Gasteiger partial charge in [-0.3, -0.25) is 4.79 Å². The lowest BCUT2D eigenvalue weighted by atomic mass is 10.1. The smallest absolute Gasteiger partial charge is 0.225 e. The van der Waals surface area contributed by atoms with Crippen molar-refractivity contribution in [3.63, 3.8) is 0 Å². The minimum atomic E-state index is -0.522. The van der Waals surface area contributed by atoms with Crippen molar-refractivity contribution in [3.8, 4) is 6.07 Å². The van der Waals surface area contributed by atoms with Crippen LogP contribution in [0.3, 0.4) is 0 Å².